The summed E-state index contributed by atoms with van der Waals surface area (Å²) < 4.78 is 22.3. The zero-order valence-electron chi connectivity index (χ0n) is 17.0. The average molecular weight is 515 g/mol. The Hall–Kier alpha value is -3.09. The molecule has 0 aliphatic carbocycles. The molecule has 4 nitrogen and oxygen atoms in total. The van der Waals surface area contributed by atoms with Crippen molar-refractivity contribution in [3.8, 4) is 22.7 Å². The highest BCUT2D eigenvalue weighted by Crippen LogP contribution is 2.36. The van der Waals surface area contributed by atoms with E-state index in [0.29, 0.717) is 16.3 Å². The monoisotopic (exact) mass is 513 g/mol. The van der Waals surface area contributed by atoms with Gasteiger partial charge in [-0.15, -0.1) is 0 Å². The largest absolute Gasteiger partial charge is 0.488 e. The first-order chi connectivity index (χ1) is 15.3. The highest BCUT2D eigenvalue weighted by atomic mass is 79.9. The quantitative estimate of drug-likeness (QED) is 0.294. The first-order valence-corrected chi connectivity index (χ1v) is 10.9. The number of ether oxygens (including phenoxy) is 1. The first kappa shape index (κ1) is 22.1. The molecule has 0 bridgehead atoms. The Morgan fingerprint density at radius 3 is 2.66 bits per heavy atom. The van der Waals surface area contributed by atoms with Gasteiger partial charge in [0.05, 0.1) is 16.3 Å². The smallest absolute Gasteiger partial charge is 0.335 e. The predicted molar refractivity (Wildman–Crippen MR) is 126 cm³/mol. The van der Waals surface area contributed by atoms with Gasteiger partial charge in [0.2, 0.25) is 0 Å². The molecule has 0 atom stereocenters. The van der Waals surface area contributed by atoms with Gasteiger partial charge in [0.1, 0.15) is 18.2 Å². The van der Waals surface area contributed by atoms with Crippen LogP contribution in [0.3, 0.4) is 0 Å². The van der Waals surface area contributed by atoms with Crippen LogP contribution >= 0.6 is 27.5 Å². The predicted octanol–water partition coefficient (Wildman–Crippen LogP) is 7.28. The molecule has 1 aromatic heterocycles. The summed E-state index contributed by atoms with van der Waals surface area (Å²) in [6.45, 7) is 2.12. The molecular formula is C25H18BrClFNO3. The maximum atomic E-state index is 13.4. The minimum atomic E-state index is -0.985. The van der Waals surface area contributed by atoms with Gasteiger partial charge in [0.15, 0.2) is 0 Å². The van der Waals surface area contributed by atoms with Crippen molar-refractivity contribution >= 4 is 33.5 Å². The number of aryl methyl sites for hydroxylation is 1. The minimum Gasteiger partial charge on any atom is -0.488 e. The van der Waals surface area contributed by atoms with Gasteiger partial charge >= 0.3 is 5.97 Å². The van der Waals surface area contributed by atoms with Crippen LogP contribution in [-0.2, 0) is 6.61 Å². The number of carboxylic acids is 1. The molecule has 0 amide bonds. The maximum Gasteiger partial charge on any atom is 0.335 e. The fourth-order valence-electron chi connectivity index (χ4n) is 3.49. The molecule has 7 heteroatoms. The average Bonchev–Trinajstić information content (AvgIpc) is 3.15. The van der Waals surface area contributed by atoms with Crippen LogP contribution < -0.4 is 4.74 Å². The van der Waals surface area contributed by atoms with Gasteiger partial charge in [-0.1, -0.05) is 39.7 Å². The third kappa shape index (κ3) is 4.56. The SMILES string of the molecule is Cc1ccc(-c2cc(Br)ccc2OCc2ccc(F)cc2Cl)n1-c1cccc(C(=O)O)c1. The topological polar surface area (TPSA) is 51.5 Å². The molecule has 3 aromatic carbocycles. The number of rotatable bonds is 6. The van der Waals surface area contributed by atoms with Crippen molar-refractivity contribution < 1.29 is 19.0 Å². The van der Waals surface area contributed by atoms with Gasteiger partial charge in [-0.2, -0.15) is 0 Å². The van der Waals surface area contributed by atoms with E-state index in [1.807, 2.05) is 47.9 Å². The lowest BCUT2D eigenvalue weighted by Crippen LogP contribution is -2.04. The lowest BCUT2D eigenvalue weighted by molar-refractivity contribution is 0.0697. The van der Waals surface area contributed by atoms with Crippen LogP contribution in [0.5, 0.6) is 5.75 Å². The number of hydrogen-bond donors (Lipinski definition) is 1. The summed E-state index contributed by atoms with van der Waals surface area (Å²) >= 11 is 9.67. The van der Waals surface area contributed by atoms with E-state index in [1.54, 1.807) is 24.3 Å². The Morgan fingerprint density at radius 1 is 1.09 bits per heavy atom. The Balaban J connectivity index is 1.76. The molecule has 0 saturated carbocycles. The number of benzene rings is 3. The highest BCUT2D eigenvalue weighted by molar-refractivity contribution is 9.10. The lowest BCUT2D eigenvalue weighted by Gasteiger charge is -2.17. The minimum absolute atomic E-state index is 0.169. The van der Waals surface area contributed by atoms with Gasteiger partial charge in [0.25, 0.3) is 0 Å². The van der Waals surface area contributed by atoms with E-state index in [-0.39, 0.29) is 12.2 Å². The van der Waals surface area contributed by atoms with E-state index in [1.165, 1.54) is 12.1 Å². The van der Waals surface area contributed by atoms with Crippen LogP contribution in [0.4, 0.5) is 4.39 Å². The lowest BCUT2D eigenvalue weighted by atomic mass is 10.1. The summed E-state index contributed by atoms with van der Waals surface area (Å²) in [6, 6.07) is 20.6. The molecule has 0 fully saturated rings. The van der Waals surface area contributed by atoms with Crippen LogP contribution in [0.2, 0.25) is 5.02 Å². The summed E-state index contributed by atoms with van der Waals surface area (Å²) in [7, 11) is 0. The van der Waals surface area contributed by atoms with E-state index in [0.717, 1.165) is 27.1 Å². The highest BCUT2D eigenvalue weighted by Gasteiger charge is 2.16. The molecule has 0 saturated heterocycles. The fraction of sp³-hybridized carbons (Fsp3) is 0.0800. The Labute approximate surface area is 198 Å². The van der Waals surface area contributed by atoms with Crippen molar-refractivity contribution in [2.24, 2.45) is 0 Å². The summed E-state index contributed by atoms with van der Waals surface area (Å²) in [6.07, 6.45) is 0. The van der Waals surface area contributed by atoms with Crippen molar-refractivity contribution in [2.75, 3.05) is 0 Å². The summed E-state index contributed by atoms with van der Waals surface area (Å²) in [5.41, 5.74) is 4.20. The molecule has 162 valence electrons. The van der Waals surface area contributed by atoms with Crippen molar-refractivity contribution in [1.29, 1.82) is 0 Å². The summed E-state index contributed by atoms with van der Waals surface area (Å²) in [5, 5.41) is 9.69. The van der Waals surface area contributed by atoms with Crippen LogP contribution in [0.15, 0.2) is 77.3 Å². The molecule has 1 N–H and O–H groups in total. The number of carboxylic acid groups (broad SMARTS) is 1. The molecule has 4 aromatic rings. The molecule has 0 aliphatic heterocycles. The summed E-state index contributed by atoms with van der Waals surface area (Å²) in [4.78, 5) is 11.5. The molecule has 4 rings (SSSR count). The molecule has 0 spiro atoms. The van der Waals surface area contributed by atoms with Gasteiger partial charge < -0.3 is 14.4 Å². The number of halogens is 3. The van der Waals surface area contributed by atoms with Crippen molar-refractivity contribution in [2.45, 2.75) is 13.5 Å². The third-order valence-electron chi connectivity index (χ3n) is 5.04. The van der Waals surface area contributed by atoms with Crippen LogP contribution in [-0.4, -0.2) is 15.6 Å². The van der Waals surface area contributed by atoms with Crippen LogP contribution in [0.1, 0.15) is 21.6 Å². The third-order valence-corrected chi connectivity index (χ3v) is 5.89. The van der Waals surface area contributed by atoms with E-state index in [9.17, 15) is 14.3 Å². The normalized spacial score (nSPS) is 10.9. The first-order valence-electron chi connectivity index (χ1n) is 9.72. The maximum absolute atomic E-state index is 13.4. The number of aromatic carboxylic acids is 1. The van der Waals surface area contributed by atoms with E-state index >= 15 is 0 Å². The van der Waals surface area contributed by atoms with E-state index in [2.05, 4.69) is 15.9 Å². The zero-order chi connectivity index (χ0) is 22.8. The molecule has 0 radical (unpaired) electrons. The van der Waals surface area contributed by atoms with Gasteiger partial charge in [0, 0.05) is 27.0 Å². The van der Waals surface area contributed by atoms with Crippen molar-refractivity contribution in [3.05, 3.63) is 105 Å². The standard InChI is InChI=1S/C25H18BrClFNO3/c1-15-5-9-23(29(15)20-4-2-3-16(11-20)25(30)31)21-12-18(26)7-10-24(21)32-14-17-6-8-19(28)13-22(17)27/h2-13H,14H2,1H3,(H,30,31). The van der Waals surface area contributed by atoms with Gasteiger partial charge in [-0.05, 0) is 67.6 Å². The van der Waals surface area contributed by atoms with Gasteiger partial charge in [-0.3, -0.25) is 0 Å². The van der Waals surface area contributed by atoms with E-state index in [4.69, 9.17) is 16.3 Å². The van der Waals surface area contributed by atoms with Crippen molar-refractivity contribution in [3.63, 3.8) is 0 Å². The number of nitrogens with zero attached hydrogens (tertiary/aromatic N) is 1. The van der Waals surface area contributed by atoms with E-state index < -0.39 is 11.8 Å². The van der Waals surface area contributed by atoms with Crippen molar-refractivity contribution in [1.82, 2.24) is 4.57 Å². The molecule has 0 aliphatic rings. The molecule has 1 heterocycles. The molecular weight excluding hydrogens is 497 g/mol. The van der Waals surface area contributed by atoms with Gasteiger partial charge in [-0.25, -0.2) is 9.18 Å². The molecule has 0 unspecified atom stereocenters. The Morgan fingerprint density at radius 2 is 1.91 bits per heavy atom. The second kappa shape index (κ2) is 9.18. The number of aromatic nitrogens is 1. The van der Waals surface area contributed by atoms with Crippen LogP contribution in [0, 0.1) is 12.7 Å². The molecule has 32 heavy (non-hydrogen) atoms. The fourth-order valence-corrected chi connectivity index (χ4v) is 4.07. The Kier molecular flexibility index (Phi) is 6.35. The Bertz CT molecular complexity index is 1320. The number of hydrogen-bond acceptors (Lipinski definition) is 2. The summed E-state index contributed by atoms with van der Waals surface area (Å²) in [5.74, 6) is -0.775. The second-order valence-corrected chi connectivity index (χ2v) is 8.54. The zero-order valence-corrected chi connectivity index (χ0v) is 19.3. The van der Waals surface area contributed by atoms with Crippen LogP contribution in [0.25, 0.3) is 16.9 Å². The number of carbonyl (C=O) groups is 1. The second-order valence-electron chi connectivity index (χ2n) is 7.22.